The molecule has 4 N–H and O–H groups in total. The first-order valence-corrected chi connectivity index (χ1v) is 10.2. The maximum absolute atomic E-state index is 12.9. The average Bonchev–Trinajstić information content (AvgIpc) is 3.26. The Kier molecular flexibility index (Phi) is 4.06. The number of amides is 2. The van der Waals surface area contributed by atoms with E-state index in [1.54, 1.807) is 12.4 Å². The van der Waals surface area contributed by atoms with Crippen molar-refractivity contribution in [3.05, 3.63) is 68.9 Å². The third-order valence-electron chi connectivity index (χ3n) is 5.07. The van der Waals surface area contributed by atoms with E-state index < -0.39 is 12.1 Å². The number of benzene rings is 2. The molecule has 2 aromatic heterocycles. The minimum Gasteiger partial charge on any atom is -0.361 e. The summed E-state index contributed by atoms with van der Waals surface area (Å²) in [6, 6.07) is 10.1. The molecule has 1 saturated heterocycles. The number of H-pyrrole nitrogens is 2. The van der Waals surface area contributed by atoms with Crippen LogP contribution in [0.2, 0.25) is 0 Å². The van der Waals surface area contributed by atoms with Gasteiger partial charge in [-0.25, -0.2) is 0 Å². The highest BCUT2D eigenvalue weighted by Gasteiger charge is 2.37. The van der Waals surface area contributed by atoms with Crippen molar-refractivity contribution in [3.63, 3.8) is 0 Å². The summed E-state index contributed by atoms with van der Waals surface area (Å²) in [5, 5.41) is 7.57. The number of aromatic nitrogens is 2. The third-order valence-corrected chi connectivity index (χ3v) is 6.06. The van der Waals surface area contributed by atoms with Crippen LogP contribution in [0.4, 0.5) is 0 Å². The van der Waals surface area contributed by atoms with Gasteiger partial charge < -0.3 is 20.6 Å². The Morgan fingerprint density at radius 2 is 1.11 bits per heavy atom. The fraction of sp³-hybridized carbons (Fsp3) is 0.100. The van der Waals surface area contributed by atoms with E-state index in [1.807, 2.05) is 36.4 Å². The Bertz CT molecular complexity index is 1160. The highest BCUT2D eigenvalue weighted by Crippen LogP contribution is 2.32. The molecular weight excluding hydrogens is 488 g/mol. The summed E-state index contributed by atoms with van der Waals surface area (Å²) in [5.41, 5.74) is 3.29. The van der Waals surface area contributed by atoms with Crippen molar-refractivity contribution in [2.45, 2.75) is 12.1 Å². The first-order valence-electron chi connectivity index (χ1n) is 8.65. The molecule has 140 valence electrons. The number of rotatable bonds is 2. The molecule has 28 heavy (non-hydrogen) atoms. The Hall–Kier alpha value is -2.58. The molecule has 0 bridgehead atoms. The van der Waals surface area contributed by atoms with Crippen LogP contribution >= 0.6 is 31.9 Å². The number of carbonyl (C=O) groups is 2. The van der Waals surface area contributed by atoms with Gasteiger partial charge in [0, 0.05) is 54.3 Å². The number of piperazine rings is 1. The molecule has 0 spiro atoms. The van der Waals surface area contributed by atoms with Gasteiger partial charge in [-0.3, -0.25) is 9.59 Å². The Morgan fingerprint density at radius 1 is 0.679 bits per heavy atom. The molecule has 2 amide bonds. The van der Waals surface area contributed by atoms with Crippen LogP contribution in [-0.4, -0.2) is 21.8 Å². The van der Waals surface area contributed by atoms with Crippen LogP contribution in [0.1, 0.15) is 23.2 Å². The fourth-order valence-corrected chi connectivity index (χ4v) is 4.46. The molecule has 1 fully saturated rings. The predicted molar refractivity (Wildman–Crippen MR) is 114 cm³/mol. The van der Waals surface area contributed by atoms with Gasteiger partial charge in [-0.15, -0.1) is 0 Å². The Morgan fingerprint density at radius 3 is 1.54 bits per heavy atom. The lowest BCUT2D eigenvalue weighted by molar-refractivity contribution is -0.137. The topological polar surface area (TPSA) is 89.8 Å². The maximum Gasteiger partial charge on any atom is 0.248 e. The van der Waals surface area contributed by atoms with Crippen molar-refractivity contribution in [2.24, 2.45) is 0 Å². The van der Waals surface area contributed by atoms with Crippen LogP contribution in [-0.2, 0) is 9.59 Å². The highest BCUT2D eigenvalue weighted by molar-refractivity contribution is 9.10. The van der Waals surface area contributed by atoms with Gasteiger partial charge in [0.25, 0.3) is 0 Å². The second kappa shape index (κ2) is 6.49. The minimum absolute atomic E-state index is 0.236. The van der Waals surface area contributed by atoms with E-state index in [4.69, 9.17) is 0 Å². The molecule has 1 aliphatic heterocycles. The summed E-state index contributed by atoms with van der Waals surface area (Å²) >= 11 is 6.88. The van der Waals surface area contributed by atoms with E-state index in [0.29, 0.717) is 0 Å². The van der Waals surface area contributed by atoms with Gasteiger partial charge in [0.05, 0.1) is 0 Å². The molecule has 0 radical (unpaired) electrons. The molecule has 0 unspecified atom stereocenters. The zero-order chi connectivity index (χ0) is 19.4. The van der Waals surface area contributed by atoms with Crippen LogP contribution in [0.15, 0.2) is 57.7 Å². The van der Waals surface area contributed by atoms with E-state index in [1.165, 1.54) is 0 Å². The molecule has 2 atom stereocenters. The van der Waals surface area contributed by atoms with Crippen LogP contribution < -0.4 is 10.6 Å². The monoisotopic (exact) mass is 500 g/mol. The normalized spacial score (nSPS) is 19.8. The average molecular weight is 502 g/mol. The summed E-state index contributed by atoms with van der Waals surface area (Å²) in [6.07, 6.45) is 3.54. The molecule has 0 aliphatic carbocycles. The summed E-state index contributed by atoms with van der Waals surface area (Å²) in [5.74, 6) is -0.472. The molecule has 4 aromatic rings. The third kappa shape index (κ3) is 2.75. The van der Waals surface area contributed by atoms with E-state index in [0.717, 1.165) is 41.9 Å². The highest BCUT2D eigenvalue weighted by atomic mass is 79.9. The molecule has 8 heteroatoms. The van der Waals surface area contributed by atoms with Crippen molar-refractivity contribution < 1.29 is 9.59 Å². The van der Waals surface area contributed by atoms with E-state index in [-0.39, 0.29) is 11.8 Å². The summed E-state index contributed by atoms with van der Waals surface area (Å²) in [7, 11) is 0. The lowest BCUT2D eigenvalue weighted by atomic mass is 9.98. The van der Waals surface area contributed by atoms with Crippen molar-refractivity contribution in [2.75, 3.05) is 0 Å². The van der Waals surface area contributed by atoms with Crippen LogP contribution in [0.5, 0.6) is 0 Å². The fourth-order valence-electron chi connectivity index (χ4n) is 3.74. The molecule has 2 aromatic carbocycles. The van der Waals surface area contributed by atoms with E-state index >= 15 is 0 Å². The first kappa shape index (κ1) is 17.5. The lowest BCUT2D eigenvalue weighted by Gasteiger charge is -2.29. The minimum atomic E-state index is -0.738. The van der Waals surface area contributed by atoms with Crippen LogP contribution in [0, 0.1) is 0 Å². The molecular formula is C20H14Br2N4O2. The zero-order valence-electron chi connectivity index (χ0n) is 14.3. The number of fused-ring (bicyclic) bond motifs is 2. The van der Waals surface area contributed by atoms with Crippen molar-refractivity contribution >= 4 is 65.5 Å². The quantitative estimate of drug-likeness (QED) is 0.331. The smallest absolute Gasteiger partial charge is 0.248 e. The standard InChI is InChI=1S/C20H14Br2N4O2/c21-9-1-3-11-13(7-23-15(11)5-9)17-19(27)26-18(20(28)25-17)14-8-24-16-6-10(22)2-4-12(14)16/h1-8,17-18,23-24H,(H,25,28)(H,26,27)/t17-,18+. The van der Waals surface area contributed by atoms with Gasteiger partial charge >= 0.3 is 0 Å². The van der Waals surface area contributed by atoms with Crippen LogP contribution in [0.25, 0.3) is 21.8 Å². The molecule has 5 rings (SSSR count). The SMILES string of the molecule is O=C1N[C@H](c2c[nH]c3cc(Br)ccc23)C(=O)N[C@H]1c1c[nH]c2cc(Br)ccc12. The number of aromatic amines is 2. The zero-order valence-corrected chi connectivity index (χ0v) is 17.5. The predicted octanol–water partition coefficient (Wildman–Crippen LogP) is 4.20. The number of nitrogens with one attached hydrogen (secondary N) is 4. The second-order valence-corrected chi connectivity index (χ2v) is 8.58. The summed E-state index contributed by atoms with van der Waals surface area (Å²) in [6.45, 7) is 0. The maximum atomic E-state index is 12.9. The number of halogens is 2. The molecule has 1 aliphatic rings. The van der Waals surface area contributed by atoms with Gasteiger partial charge in [0.1, 0.15) is 12.1 Å². The van der Waals surface area contributed by atoms with Gasteiger partial charge in [-0.2, -0.15) is 0 Å². The molecule has 0 saturated carbocycles. The van der Waals surface area contributed by atoms with Crippen LogP contribution in [0.3, 0.4) is 0 Å². The van der Waals surface area contributed by atoms with E-state index in [9.17, 15) is 9.59 Å². The summed E-state index contributed by atoms with van der Waals surface area (Å²) in [4.78, 5) is 32.1. The van der Waals surface area contributed by atoms with E-state index in [2.05, 4.69) is 52.5 Å². The molecule has 3 heterocycles. The largest absolute Gasteiger partial charge is 0.361 e. The Labute approximate surface area is 176 Å². The Balaban J connectivity index is 1.49. The lowest BCUT2D eigenvalue weighted by Crippen LogP contribution is -2.52. The number of hydrogen-bond donors (Lipinski definition) is 4. The van der Waals surface area contributed by atoms with Gasteiger partial charge in [0.2, 0.25) is 11.8 Å². The molecule has 6 nitrogen and oxygen atoms in total. The van der Waals surface area contributed by atoms with Gasteiger partial charge in [0.15, 0.2) is 0 Å². The number of carbonyl (C=O) groups excluding carboxylic acids is 2. The van der Waals surface area contributed by atoms with Gasteiger partial charge in [-0.05, 0) is 24.3 Å². The van der Waals surface area contributed by atoms with Gasteiger partial charge in [-0.1, -0.05) is 44.0 Å². The number of hydrogen-bond acceptors (Lipinski definition) is 2. The first-order chi connectivity index (χ1) is 13.5. The second-order valence-electron chi connectivity index (χ2n) is 6.75. The van der Waals surface area contributed by atoms with Crippen molar-refractivity contribution in [1.82, 2.24) is 20.6 Å². The van der Waals surface area contributed by atoms with Crippen molar-refractivity contribution in [3.8, 4) is 0 Å². The van der Waals surface area contributed by atoms with Crippen molar-refractivity contribution in [1.29, 1.82) is 0 Å². The summed E-state index contributed by atoms with van der Waals surface area (Å²) < 4.78 is 1.88.